The highest BCUT2D eigenvalue weighted by Crippen LogP contribution is 2.27. The van der Waals surface area contributed by atoms with Crippen molar-refractivity contribution < 1.29 is 0 Å². The summed E-state index contributed by atoms with van der Waals surface area (Å²) in [6, 6.07) is 14.6. The molecule has 1 N–H and O–H groups in total. The van der Waals surface area contributed by atoms with E-state index in [0.29, 0.717) is 0 Å². The molecule has 0 spiro atoms. The van der Waals surface area contributed by atoms with Gasteiger partial charge < -0.3 is 5.32 Å². The van der Waals surface area contributed by atoms with Crippen LogP contribution in [0.1, 0.15) is 22.9 Å². The average molecular weight is 335 g/mol. The molecule has 0 radical (unpaired) electrons. The molecule has 0 aliphatic carbocycles. The first-order chi connectivity index (χ1) is 10.2. The van der Waals surface area contributed by atoms with Crippen LogP contribution in [0.3, 0.4) is 0 Å². The van der Waals surface area contributed by atoms with Crippen molar-refractivity contribution in [3.05, 3.63) is 62.1 Å². The summed E-state index contributed by atoms with van der Waals surface area (Å²) < 4.78 is 0.833. The van der Waals surface area contributed by atoms with Crippen LogP contribution in [0.2, 0.25) is 4.34 Å². The first-order valence-electron chi connectivity index (χ1n) is 6.71. The summed E-state index contributed by atoms with van der Waals surface area (Å²) in [7, 11) is 0. The first-order valence-corrected chi connectivity index (χ1v) is 8.78. The van der Waals surface area contributed by atoms with Gasteiger partial charge in [0.1, 0.15) is 5.01 Å². The van der Waals surface area contributed by atoms with Crippen molar-refractivity contribution in [3.63, 3.8) is 0 Å². The second kappa shape index (κ2) is 6.71. The fourth-order valence-corrected chi connectivity index (χ4v) is 3.88. The molecule has 108 valence electrons. The highest BCUT2D eigenvalue weighted by molar-refractivity contribution is 7.16. The van der Waals surface area contributed by atoms with Gasteiger partial charge in [-0.15, -0.1) is 22.7 Å². The smallest absolute Gasteiger partial charge is 0.107 e. The molecule has 0 fully saturated rings. The van der Waals surface area contributed by atoms with Crippen molar-refractivity contribution >= 4 is 34.3 Å². The standard InChI is InChI=1S/C16H15ClN2S2/c1-11(14-7-8-15(17)21-14)18-9-16-19-13(10-20-16)12-5-3-2-4-6-12/h2-8,10-11,18H,9H2,1H3. The minimum Gasteiger partial charge on any atom is -0.303 e. The maximum atomic E-state index is 5.97. The molecule has 0 bridgehead atoms. The van der Waals surface area contributed by atoms with Gasteiger partial charge in [-0.05, 0) is 19.1 Å². The number of halogens is 1. The van der Waals surface area contributed by atoms with Gasteiger partial charge in [-0.2, -0.15) is 0 Å². The molecular formula is C16H15ClN2S2. The van der Waals surface area contributed by atoms with Gasteiger partial charge in [-0.25, -0.2) is 4.98 Å². The Bertz CT molecular complexity index is 706. The Morgan fingerprint density at radius 1 is 1.19 bits per heavy atom. The molecule has 1 atom stereocenters. The topological polar surface area (TPSA) is 24.9 Å². The van der Waals surface area contributed by atoms with Crippen molar-refractivity contribution in [2.45, 2.75) is 19.5 Å². The van der Waals surface area contributed by atoms with E-state index in [1.807, 2.05) is 24.3 Å². The second-order valence-corrected chi connectivity index (χ2v) is 7.43. The number of aromatic nitrogens is 1. The molecular weight excluding hydrogens is 320 g/mol. The molecule has 2 heterocycles. The van der Waals surface area contributed by atoms with Crippen LogP contribution in [-0.4, -0.2) is 4.98 Å². The largest absolute Gasteiger partial charge is 0.303 e. The molecule has 21 heavy (non-hydrogen) atoms. The zero-order valence-corrected chi connectivity index (χ0v) is 13.9. The number of thiazole rings is 1. The first kappa shape index (κ1) is 14.7. The van der Waals surface area contributed by atoms with Gasteiger partial charge >= 0.3 is 0 Å². The summed E-state index contributed by atoms with van der Waals surface area (Å²) in [6.07, 6.45) is 0. The van der Waals surface area contributed by atoms with Gasteiger partial charge in [-0.3, -0.25) is 0 Å². The number of nitrogens with one attached hydrogen (secondary N) is 1. The lowest BCUT2D eigenvalue weighted by atomic mass is 10.2. The van der Waals surface area contributed by atoms with Crippen LogP contribution < -0.4 is 5.32 Å². The average Bonchev–Trinajstić information content (AvgIpc) is 3.15. The van der Waals surface area contributed by atoms with E-state index in [1.54, 1.807) is 22.7 Å². The van der Waals surface area contributed by atoms with E-state index in [9.17, 15) is 0 Å². The molecule has 0 aliphatic rings. The number of benzene rings is 1. The van der Waals surface area contributed by atoms with E-state index in [4.69, 9.17) is 11.6 Å². The molecule has 3 rings (SSSR count). The maximum absolute atomic E-state index is 5.97. The molecule has 1 unspecified atom stereocenters. The Morgan fingerprint density at radius 2 is 2.00 bits per heavy atom. The van der Waals surface area contributed by atoms with E-state index in [2.05, 4.69) is 40.8 Å². The molecule has 3 aromatic rings. The van der Waals surface area contributed by atoms with Crippen LogP contribution >= 0.6 is 34.3 Å². The van der Waals surface area contributed by atoms with E-state index >= 15 is 0 Å². The molecule has 1 aromatic carbocycles. The summed E-state index contributed by atoms with van der Waals surface area (Å²) in [5.41, 5.74) is 2.21. The van der Waals surface area contributed by atoms with Gasteiger partial charge in [0.05, 0.1) is 10.0 Å². The molecule has 2 aromatic heterocycles. The Kier molecular flexibility index (Phi) is 4.70. The molecule has 0 saturated heterocycles. The van der Waals surface area contributed by atoms with Gasteiger partial charge in [0.15, 0.2) is 0 Å². The van der Waals surface area contributed by atoms with Crippen LogP contribution in [-0.2, 0) is 6.54 Å². The summed E-state index contributed by atoms with van der Waals surface area (Å²) in [6.45, 7) is 2.92. The number of nitrogens with zero attached hydrogens (tertiary/aromatic N) is 1. The normalized spacial score (nSPS) is 12.5. The summed E-state index contributed by atoms with van der Waals surface area (Å²) in [5, 5.41) is 6.70. The number of hydrogen-bond donors (Lipinski definition) is 1. The third-order valence-electron chi connectivity index (χ3n) is 3.20. The van der Waals surface area contributed by atoms with Crippen LogP contribution in [0.4, 0.5) is 0 Å². The minimum absolute atomic E-state index is 0.284. The van der Waals surface area contributed by atoms with Crippen LogP contribution in [0.25, 0.3) is 11.3 Å². The Hall–Kier alpha value is -1.20. The molecule has 0 aliphatic heterocycles. The van der Waals surface area contributed by atoms with Gasteiger partial charge in [-0.1, -0.05) is 41.9 Å². The molecule has 2 nitrogen and oxygen atoms in total. The van der Waals surface area contributed by atoms with E-state index < -0.39 is 0 Å². The Morgan fingerprint density at radius 3 is 2.71 bits per heavy atom. The van der Waals surface area contributed by atoms with E-state index in [1.165, 1.54) is 4.88 Å². The number of hydrogen-bond acceptors (Lipinski definition) is 4. The summed E-state index contributed by atoms with van der Waals surface area (Å²) in [5.74, 6) is 0. The third kappa shape index (κ3) is 3.71. The lowest BCUT2D eigenvalue weighted by molar-refractivity contribution is 0.581. The van der Waals surface area contributed by atoms with Gasteiger partial charge in [0, 0.05) is 28.4 Å². The number of rotatable bonds is 5. The SMILES string of the molecule is CC(NCc1nc(-c2ccccc2)cs1)c1ccc(Cl)s1. The zero-order chi connectivity index (χ0) is 14.7. The number of thiophene rings is 1. The Balaban J connectivity index is 1.63. The molecule has 0 amide bonds. The third-order valence-corrected chi connectivity index (χ3v) is 5.46. The molecule has 5 heteroatoms. The zero-order valence-electron chi connectivity index (χ0n) is 11.5. The minimum atomic E-state index is 0.284. The van der Waals surface area contributed by atoms with E-state index in [0.717, 1.165) is 27.1 Å². The fourth-order valence-electron chi connectivity index (χ4n) is 2.04. The van der Waals surface area contributed by atoms with Gasteiger partial charge in [0.2, 0.25) is 0 Å². The van der Waals surface area contributed by atoms with Crippen LogP contribution in [0, 0.1) is 0 Å². The molecule has 0 saturated carbocycles. The fraction of sp³-hybridized carbons (Fsp3) is 0.188. The van der Waals surface area contributed by atoms with Crippen molar-refractivity contribution in [1.29, 1.82) is 0 Å². The monoisotopic (exact) mass is 334 g/mol. The van der Waals surface area contributed by atoms with E-state index in [-0.39, 0.29) is 6.04 Å². The van der Waals surface area contributed by atoms with Crippen molar-refractivity contribution in [2.75, 3.05) is 0 Å². The lowest BCUT2D eigenvalue weighted by Crippen LogP contribution is -2.16. The van der Waals surface area contributed by atoms with Gasteiger partial charge in [0.25, 0.3) is 0 Å². The van der Waals surface area contributed by atoms with Crippen LogP contribution in [0.15, 0.2) is 47.8 Å². The maximum Gasteiger partial charge on any atom is 0.107 e. The highest BCUT2D eigenvalue weighted by atomic mass is 35.5. The second-order valence-electron chi connectivity index (χ2n) is 4.74. The Labute approximate surface area is 137 Å². The predicted molar refractivity (Wildman–Crippen MR) is 92.1 cm³/mol. The quantitative estimate of drug-likeness (QED) is 0.678. The van der Waals surface area contributed by atoms with Crippen LogP contribution in [0.5, 0.6) is 0 Å². The van der Waals surface area contributed by atoms with Crippen molar-refractivity contribution in [1.82, 2.24) is 10.3 Å². The van der Waals surface area contributed by atoms with Crippen molar-refractivity contribution in [2.24, 2.45) is 0 Å². The highest BCUT2D eigenvalue weighted by Gasteiger charge is 2.09. The van der Waals surface area contributed by atoms with Crippen molar-refractivity contribution in [3.8, 4) is 11.3 Å². The lowest BCUT2D eigenvalue weighted by Gasteiger charge is -2.10. The predicted octanol–water partition coefficient (Wildman–Crippen LogP) is 5.38. The summed E-state index contributed by atoms with van der Waals surface area (Å²) >= 11 is 9.28. The summed E-state index contributed by atoms with van der Waals surface area (Å²) in [4.78, 5) is 5.93.